The Hall–Kier alpha value is -1.93. The maximum atomic E-state index is 11.9. The summed E-state index contributed by atoms with van der Waals surface area (Å²) >= 11 is 0. The van der Waals surface area contributed by atoms with Crippen molar-refractivity contribution in [2.45, 2.75) is 31.6 Å². The highest BCUT2D eigenvalue weighted by atomic mass is 32.2. The zero-order valence-electron chi connectivity index (χ0n) is 11.5. The first-order valence-corrected chi connectivity index (χ1v) is 7.40. The monoisotopic (exact) mass is 298 g/mol. The Kier molecular flexibility index (Phi) is 4.51. The maximum Gasteiger partial charge on any atom is 0.280 e. The fourth-order valence-electron chi connectivity index (χ4n) is 1.95. The summed E-state index contributed by atoms with van der Waals surface area (Å²) in [6.45, 7) is 5.17. The number of hydrogen-bond acceptors (Lipinski definition) is 3. The number of rotatable bonds is 3. The number of sulfonamides is 1. The van der Waals surface area contributed by atoms with Gasteiger partial charge in [-0.3, -0.25) is 4.79 Å². The summed E-state index contributed by atoms with van der Waals surface area (Å²) in [6, 6.07) is 3.04. The Morgan fingerprint density at radius 3 is 2.20 bits per heavy atom. The molecule has 0 aliphatic rings. The summed E-state index contributed by atoms with van der Waals surface area (Å²) in [5.74, 6) is -1.16. The van der Waals surface area contributed by atoms with Crippen LogP contribution in [0.1, 0.15) is 41.3 Å². The van der Waals surface area contributed by atoms with Crippen LogP contribution in [0.4, 0.5) is 0 Å². The van der Waals surface area contributed by atoms with E-state index in [0.29, 0.717) is 5.56 Å². The minimum absolute atomic E-state index is 0.0517. The molecule has 0 saturated heterocycles. The Morgan fingerprint density at radius 2 is 1.80 bits per heavy atom. The lowest BCUT2D eigenvalue weighted by Crippen LogP contribution is -2.25. The quantitative estimate of drug-likeness (QED) is 0.539. The predicted molar refractivity (Wildman–Crippen MR) is 76.8 cm³/mol. The fraction of sp³-hybridized carbons (Fsp3) is 0.333. The van der Waals surface area contributed by atoms with Gasteiger partial charge in [0.2, 0.25) is 10.0 Å². The molecule has 20 heavy (non-hydrogen) atoms. The van der Waals surface area contributed by atoms with Gasteiger partial charge in [0, 0.05) is 5.56 Å². The predicted octanol–water partition coefficient (Wildman–Crippen LogP) is 0.179. The second-order valence-electron chi connectivity index (χ2n) is 4.70. The summed E-state index contributed by atoms with van der Waals surface area (Å²) in [5.41, 5.74) is 11.2. The molecule has 1 aromatic carbocycles. The van der Waals surface area contributed by atoms with Crippen molar-refractivity contribution in [1.29, 1.82) is 0 Å². The molecule has 0 heterocycles. The molecule has 6 N–H and O–H groups in total. The number of carbonyl (C=O) groups is 1. The average Bonchev–Trinajstić information content (AvgIpc) is 2.25. The van der Waals surface area contributed by atoms with Crippen LogP contribution in [-0.4, -0.2) is 20.3 Å². The summed E-state index contributed by atoms with van der Waals surface area (Å²) in [6.07, 6.45) is 0. The summed E-state index contributed by atoms with van der Waals surface area (Å²) in [4.78, 5) is 15.2. The number of hydrogen-bond donors (Lipinski definition) is 3. The highest BCUT2D eigenvalue weighted by Gasteiger charge is 2.23. The van der Waals surface area contributed by atoms with Gasteiger partial charge in [0.15, 0.2) is 5.96 Å². The zero-order chi connectivity index (χ0) is 15.7. The molecule has 0 fully saturated rings. The summed E-state index contributed by atoms with van der Waals surface area (Å²) in [7, 11) is -3.96. The van der Waals surface area contributed by atoms with E-state index in [0.717, 1.165) is 0 Å². The van der Waals surface area contributed by atoms with Gasteiger partial charge < -0.3 is 11.5 Å². The van der Waals surface area contributed by atoms with Crippen molar-refractivity contribution in [2.24, 2.45) is 21.6 Å². The molecular formula is C12H18N4O3S. The normalized spacial score (nSPS) is 11.4. The number of benzene rings is 1. The molecule has 110 valence electrons. The van der Waals surface area contributed by atoms with Crippen molar-refractivity contribution in [1.82, 2.24) is 0 Å². The van der Waals surface area contributed by atoms with Gasteiger partial charge in [0.05, 0.1) is 4.90 Å². The summed E-state index contributed by atoms with van der Waals surface area (Å²) < 4.78 is 23.5. The zero-order valence-corrected chi connectivity index (χ0v) is 12.4. The van der Waals surface area contributed by atoms with Gasteiger partial charge in [-0.1, -0.05) is 19.9 Å². The van der Waals surface area contributed by atoms with Crippen LogP contribution in [0.15, 0.2) is 22.0 Å². The first kappa shape index (κ1) is 16.1. The van der Waals surface area contributed by atoms with Crippen LogP contribution in [-0.2, 0) is 10.0 Å². The van der Waals surface area contributed by atoms with Crippen LogP contribution < -0.4 is 16.6 Å². The minimum atomic E-state index is -3.96. The molecule has 8 heteroatoms. The molecule has 7 nitrogen and oxygen atoms in total. The molecule has 1 amide bonds. The van der Waals surface area contributed by atoms with E-state index in [1.165, 1.54) is 13.0 Å². The van der Waals surface area contributed by atoms with Crippen LogP contribution in [0.3, 0.4) is 0 Å². The molecule has 0 aliphatic carbocycles. The average molecular weight is 298 g/mol. The Bertz CT molecular complexity index is 674. The van der Waals surface area contributed by atoms with Crippen molar-refractivity contribution in [2.75, 3.05) is 0 Å². The number of aliphatic imine (C=N–C) groups is 1. The molecule has 0 spiro atoms. The second-order valence-corrected chi connectivity index (χ2v) is 6.20. The third-order valence-electron chi connectivity index (χ3n) is 2.80. The molecule has 1 rings (SSSR count). The van der Waals surface area contributed by atoms with Crippen molar-refractivity contribution in [3.63, 3.8) is 0 Å². The third kappa shape index (κ3) is 3.34. The minimum Gasteiger partial charge on any atom is -0.370 e. The molecule has 0 aliphatic heterocycles. The molecule has 0 aromatic heterocycles. The lowest BCUT2D eigenvalue weighted by molar-refractivity contribution is 0.100. The van der Waals surface area contributed by atoms with Crippen molar-refractivity contribution >= 4 is 21.9 Å². The number of primary sulfonamides is 1. The second kappa shape index (κ2) is 5.59. The Balaban J connectivity index is 3.64. The van der Waals surface area contributed by atoms with Crippen LogP contribution in [0.2, 0.25) is 0 Å². The maximum absolute atomic E-state index is 11.9. The molecule has 0 unspecified atom stereocenters. The fourth-order valence-corrected chi connectivity index (χ4v) is 3.12. The molecular weight excluding hydrogens is 280 g/mol. The van der Waals surface area contributed by atoms with E-state index in [1.807, 2.05) is 13.8 Å². The Labute approximate surface area is 117 Å². The van der Waals surface area contributed by atoms with E-state index in [4.69, 9.17) is 16.6 Å². The molecule has 0 bridgehead atoms. The molecule has 0 radical (unpaired) electrons. The highest BCUT2D eigenvalue weighted by molar-refractivity contribution is 7.89. The van der Waals surface area contributed by atoms with E-state index in [-0.39, 0.29) is 27.9 Å². The van der Waals surface area contributed by atoms with Gasteiger partial charge in [-0.05, 0) is 30.0 Å². The SMILES string of the molecule is Cc1c(C(=O)N=C(N)N)ccc(C(C)C)c1S(N)(=O)=O. The number of amides is 1. The van der Waals surface area contributed by atoms with E-state index < -0.39 is 15.9 Å². The van der Waals surface area contributed by atoms with Gasteiger partial charge in [-0.25, -0.2) is 13.6 Å². The van der Waals surface area contributed by atoms with E-state index >= 15 is 0 Å². The standard InChI is InChI=1S/C12H18N4O3S/c1-6(2)8-4-5-9(11(17)16-12(13)14)7(3)10(8)20(15,18)19/h4-6H,1-3H3,(H2,15,18,19)(H4,13,14,16,17). The van der Waals surface area contributed by atoms with Crippen molar-refractivity contribution < 1.29 is 13.2 Å². The van der Waals surface area contributed by atoms with Gasteiger partial charge in [0.1, 0.15) is 0 Å². The van der Waals surface area contributed by atoms with Crippen molar-refractivity contribution in [3.8, 4) is 0 Å². The smallest absolute Gasteiger partial charge is 0.280 e. The third-order valence-corrected chi connectivity index (χ3v) is 3.91. The lowest BCUT2D eigenvalue weighted by atomic mass is 9.97. The van der Waals surface area contributed by atoms with Gasteiger partial charge >= 0.3 is 0 Å². The molecule has 0 saturated carbocycles. The van der Waals surface area contributed by atoms with Crippen LogP contribution in [0.25, 0.3) is 0 Å². The highest BCUT2D eigenvalue weighted by Crippen LogP contribution is 2.28. The number of carbonyl (C=O) groups excluding carboxylic acids is 1. The van der Waals surface area contributed by atoms with Gasteiger partial charge in [-0.15, -0.1) is 0 Å². The molecule has 0 atom stereocenters. The van der Waals surface area contributed by atoms with Crippen LogP contribution >= 0.6 is 0 Å². The van der Waals surface area contributed by atoms with E-state index in [2.05, 4.69) is 4.99 Å². The summed E-state index contributed by atoms with van der Waals surface area (Å²) in [5, 5.41) is 5.24. The van der Waals surface area contributed by atoms with Crippen LogP contribution in [0.5, 0.6) is 0 Å². The lowest BCUT2D eigenvalue weighted by Gasteiger charge is -2.15. The topological polar surface area (TPSA) is 142 Å². The largest absolute Gasteiger partial charge is 0.370 e. The first-order chi connectivity index (χ1) is 9.05. The van der Waals surface area contributed by atoms with Crippen molar-refractivity contribution in [3.05, 3.63) is 28.8 Å². The first-order valence-electron chi connectivity index (χ1n) is 5.86. The van der Waals surface area contributed by atoms with E-state index in [1.54, 1.807) is 6.07 Å². The van der Waals surface area contributed by atoms with Gasteiger partial charge in [0.25, 0.3) is 5.91 Å². The van der Waals surface area contributed by atoms with E-state index in [9.17, 15) is 13.2 Å². The number of guanidine groups is 1. The number of nitrogens with two attached hydrogens (primary N) is 3. The molecule has 1 aromatic rings. The van der Waals surface area contributed by atoms with Crippen LogP contribution in [0, 0.1) is 6.92 Å². The van der Waals surface area contributed by atoms with Gasteiger partial charge in [-0.2, -0.15) is 4.99 Å². The Morgan fingerprint density at radius 1 is 1.25 bits per heavy atom. The number of nitrogens with zero attached hydrogens (tertiary/aromatic N) is 1.